The van der Waals surface area contributed by atoms with Crippen molar-refractivity contribution in [3.63, 3.8) is 0 Å². The van der Waals surface area contributed by atoms with E-state index in [1.54, 1.807) is 0 Å². The van der Waals surface area contributed by atoms with Gasteiger partial charge in [0.25, 0.3) is 0 Å². The number of aliphatic hydroxyl groups excluding tert-OH is 1. The molecular formula is C26H32N4O3. The maximum absolute atomic E-state index is 13.6. The van der Waals surface area contributed by atoms with Gasteiger partial charge in [-0.25, -0.2) is 4.79 Å². The number of hydrogen-bond donors (Lipinski definition) is 3. The number of aromatic amines is 1. The molecule has 1 aromatic carbocycles. The lowest BCUT2D eigenvalue weighted by Gasteiger charge is -2.42. The molecular weight excluding hydrogens is 416 g/mol. The third kappa shape index (κ3) is 3.62. The minimum atomic E-state index is -0.316. The Morgan fingerprint density at radius 2 is 1.88 bits per heavy atom. The largest absolute Gasteiger partial charge is 0.393 e. The van der Waals surface area contributed by atoms with Crippen molar-refractivity contribution >= 4 is 28.4 Å². The average Bonchev–Trinajstić information content (AvgIpc) is 3.51. The fourth-order valence-electron chi connectivity index (χ4n) is 6.27. The van der Waals surface area contributed by atoms with E-state index in [1.807, 2.05) is 15.9 Å². The monoisotopic (exact) mass is 448 g/mol. The average molecular weight is 449 g/mol. The van der Waals surface area contributed by atoms with Gasteiger partial charge in [-0.2, -0.15) is 0 Å². The van der Waals surface area contributed by atoms with Gasteiger partial charge >= 0.3 is 6.03 Å². The Labute approximate surface area is 193 Å². The summed E-state index contributed by atoms with van der Waals surface area (Å²) in [5.41, 5.74) is 4.57. The minimum absolute atomic E-state index is 0.0734. The van der Waals surface area contributed by atoms with Crippen LogP contribution in [-0.2, 0) is 11.2 Å². The van der Waals surface area contributed by atoms with Gasteiger partial charge in [-0.3, -0.25) is 4.79 Å². The molecule has 2 aliphatic carbocycles. The third-order valence-corrected chi connectivity index (χ3v) is 8.04. The van der Waals surface area contributed by atoms with E-state index in [0.717, 1.165) is 74.7 Å². The fraction of sp³-hybridized carbons (Fsp3) is 0.538. The smallest absolute Gasteiger partial charge is 0.318 e. The zero-order valence-corrected chi connectivity index (χ0v) is 18.9. The summed E-state index contributed by atoms with van der Waals surface area (Å²) in [7, 11) is 0. The van der Waals surface area contributed by atoms with Crippen molar-refractivity contribution in [2.75, 3.05) is 19.6 Å². The van der Waals surface area contributed by atoms with Gasteiger partial charge in [0.2, 0.25) is 5.91 Å². The number of benzene rings is 1. The van der Waals surface area contributed by atoms with Gasteiger partial charge < -0.3 is 25.2 Å². The van der Waals surface area contributed by atoms with Crippen molar-refractivity contribution in [1.82, 2.24) is 20.1 Å². The van der Waals surface area contributed by atoms with E-state index in [4.69, 9.17) is 0 Å². The number of carbonyl (C=O) groups is 2. The Morgan fingerprint density at radius 3 is 2.67 bits per heavy atom. The molecule has 1 aromatic heterocycles. The molecule has 174 valence electrons. The summed E-state index contributed by atoms with van der Waals surface area (Å²) in [6, 6.07) is 6.18. The summed E-state index contributed by atoms with van der Waals surface area (Å²) >= 11 is 0. The Bertz CT molecular complexity index is 1110. The highest BCUT2D eigenvalue weighted by atomic mass is 16.3. The van der Waals surface area contributed by atoms with Crippen molar-refractivity contribution in [3.8, 4) is 0 Å². The van der Waals surface area contributed by atoms with Crippen LogP contribution in [0.2, 0.25) is 0 Å². The Kier molecular flexibility index (Phi) is 5.17. The quantitative estimate of drug-likeness (QED) is 0.660. The molecule has 2 fully saturated rings. The van der Waals surface area contributed by atoms with E-state index in [0.29, 0.717) is 6.54 Å². The maximum Gasteiger partial charge on any atom is 0.318 e. The zero-order valence-electron chi connectivity index (χ0n) is 18.9. The third-order valence-electron chi connectivity index (χ3n) is 8.04. The summed E-state index contributed by atoms with van der Waals surface area (Å²) in [6.07, 6.45) is 9.87. The molecule has 2 atom stereocenters. The number of aromatic nitrogens is 1. The number of carbonyl (C=O) groups excluding carboxylic acids is 2. The van der Waals surface area contributed by atoms with Crippen LogP contribution in [0.1, 0.15) is 49.7 Å². The fourth-order valence-corrected chi connectivity index (χ4v) is 6.27. The highest BCUT2D eigenvalue weighted by molar-refractivity contribution is 6.00. The maximum atomic E-state index is 13.6. The van der Waals surface area contributed by atoms with Crippen LogP contribution in [0.4, 0.5) is 4.79 Å². The number of likely N-dealkylation sites (tertiary alicyclic amines) is 1. The van der Waals surface area contributed by atoms with Crippen molar-refractivity contribution in [3.05, 3.63) is 41.6 Å². The van der Waals surface area contributed by atoms with E-state index in [1.165, 1.54) is 10.9 Å². The molecule has 7 heteroatoms. The van der Waals surface area contributed by atoms with Gasteiger partial charge in [-0.1, -0.05) is 18.2 Å². The number of amides is 3. The molecule has 0 unspecified atom stereocenters. The second-order valence-electron chi connectivity index (χ2n) is 10.1. The first-order chi connectivity index (χ1) is 16.1. The van der Waals surface area contributed by atoms with Crippen LogP contribution in [0.5, 0.6) is 0 Å². The van der Waals surface area contributed by atoms with Gasteiger partial charge in [0.15, 0.2) is 0 Å². The predicted octanol–water partition coefficient (Wildman–Crippen LogP) is 3.04. The van der Waals surface area contributed by atoms with Crippen LogP contribution in [0.15, 0.2) is 30.5 Å². The van der Waals surface area contributed by atoms with Crippen LogP contribution in [0, 0.1) is 5.92 Å². The number of hydrogen-bond acceptors (Lipinski definition) is 3. The van der Waals surface area contributed by atoms with E-state index in [9.17, 15) is 14.7 Å². The second kappa shape index (κ2) is 8.20. The molecule has 0 bridgehead atoms. The molecule has 3 amide bonds. The molecule has 0 radical (unpaired) electrons. The number of rotatable bonds is 2. The molecule has 3 N–H and O–H groups in total. The van der Waals surface area contributed by atoms with E-state index in [-0.39, 0.29) is 36.0 Å². The van der Waals surface area contributed by atoms with Crippen molar-refractivity contribution in [2.45, 2.75) is 63.1 Å². The number of H-pyrrole nitrogens is 1. The molecule has 1 saturated carbocycles. The van der Waals surface area contributed by atoms with Crippen LogP contribution < -0.4 is 5.32 Å². The van der Waals surface area contributed by atoms with E-state index >= 15 is 0 Å². The summed E-state index contributed by atoms with van der Waals surface area (Å²) in [5.74, 6) is -0.173. The van der Waals surface area contributed by atoms with Gasteiger partial charge in [-0.15, -0.1) is 0 Å². The molecule has 4 aliphatic rings. The number of nitrogens with one attached hydrogen (secondary N) is 2. The van der Waals surface area contributed by atoms with Gasteiger partial charge in [0.1, 0.15) is 0 Å². The molecule has 6 rings (SSSR count). The lowest BCUT2D eigenvalue weighted by atomic mass is 9.79. The van der Waals surface area contributed by atoms with Crippen LogP contribution in [0.3, 0.4) is 0 Å². The molecule has 3 heterocycles. The van der Waals surface area contributed by atoms with E-state index in [2.05, 4.69) is 34.7 Å². The number of urea groups is 1. The minimum Gasteiger partial charge on any atom is -0.393 e. The molecule has 2 aliphatic heterocycles. The first kappa shape index (κ1) is 20.8. The highest BCUT2D eigenvalue weighted by Gasteiger charge is 2.41. The van der Waals surface area contributed by atoms with Crippen LogP contribution in [0.25, 0.3) is 16.5 Å². The van der Waals surface area contributed by atoms with Crippen molar-refractivity contribution in [2.24, 2.45) is 5.92 Å². The highest BCUT2D eigenvalue weighted by Crippen LogP contribution is 2.41. The standard InChI is InChI=1S/C26H32N4O3/c31-19-8-6-18(7-9-19)28-26(33)30-15-17(25(32)29-10-1-2-11-29)12-21-20-4-3-5-22-24(20)16(14-27-22)13-23(21)30/h3-5,12,14,17-19,23,27,31H,1-2,6-11,13,15H2,(H,28,33)/t17-,18?,19?,23-/m1/s1. The molecule has 2 aromatic rings. The van der Waals surface area contributed by atoms with Gasteiger partial charge in [-0.05, 0) is 67.7 Å². The summed E-state index contributed by atoms with van der Waals surface area (Å²) in [5, 5.41) is 14.3. The Balaban J connectivity index is 1.34. The number of nitrogens with zero attached hydrogens (tertiary/aromatic N) is 2. The SMILES string of the molecule is O=C([C@@H]1C=C2c3cccc4[nH]cc(c34)C[C@H]2N(C(=O)NC2CCC(O)CC2)C1)N1CCCC1. The summed E-state index contributed by atoms with van der Waals surface area (Å²) < 4.78 is 0. The first-order valence-corrected chi connectivity index (χ1v) is 12.4. The zero-order chi connectivity index (χ0) is 22.5. The Morgan fingerprint density at radius 1 is 1.09 bits per heavy atom. The molecule has 1 saturated heterocycles. The molecule has 33 heavy (non-hydrogen) atoms. The van der Waals surface area contributed by atoms with Gasteiger partial charge in [0, 0.05) is 42.8 Å². The Hall–Kier alpha value is -2.80. The van der Waals surface area contributed by atoms with Crippen LogP contribution in [-0.4, -0.2) is 69.7 Å². The normalized spacial score (nSPS) is 29.1. The van der Waals surface area contributed by atoms with Crippen LogP contribution >= 0.6 is 0 Å². The van der Waals surface area contributed by atoms with Crippen molar-refractivity contribution < 1.29 is 14.7 Å². The molecule has 0 spiro atoms. The topological polar surface area (TPSA) is 88.7 Å². The summed E-state index contributed by atoms with van der Waals surface area (Å²) in [6.45, 7) is 2.05. The lowest BCUT2D eigenvalue weighted by Crippen LogP contribution is -2.56. The molecule has 7 nitrogen and oxygen atoms in total. The summed E-state index contributed by atoms with van der Waals surface area (Å²) in [4.78, 5) is 34.2. The predicted molar refractivity (Wildman–Crippen MR) is 127 cm³/mol. The van der Waals surface area contributed by atoms with E-state index < -0.39 is 0 Å². The van der Waals surface area contributed by atoms with Crippen molar-refractivity contribution in [1.29, 1.82) is 0 Å². The second-order valence-corrected chi connectivity index (χ2v) is 10.1. The lowest BCUT2D eigenvalue weighted by molar-refractivity contribution is -0.133. The number of aliphatic hydroxyl groups is 1. The number of fused-ring (bicyclic) bond motifs is 2. The first-order valence-electron chi connectivity index (χ1n) is 12.4. The van der Waals surface area contributed by atoms with Gasteiger partial charge in [0.05, 0.1) is 18.1 Å².